The first kappa shape index (κ1) is 14.3. The van der Waals surface area contributed by atoms with Gasteiger partial charge in [-0.1, -0.05) is 0 Å². The van der Waals surface area contributed by atoms with Crippen molar-refractivity contribution >= 4 is 5.97 Å². The van der Waals surface area contributed by atoms with Gasteiger partial charge in [-0.15, -0.1) is 0 Å². The minimum absolute atomic E-state index is 0.365. The SMILES string of the molecule is COC(=O)c1cc(CCCF)c(OC)c(OC)c1. The number of alkyl halides is 1. The molecule has 0 fully saturated rings. The topological polar surface area (TPSA) is 44.8 Å². The third kappa shape index (κ3) is 3.12. The maximum absolute atomic E-state index is 12.3. The molecule has 0 saturated carbocycles. The van der Waals surface area contributed by atoms with Gasteiger partial charge in [0.25, 0.3) is 0 Å². The smallest absolute Gasteiger partial charge is 0.337 e. The molecule has 4 nitrogen and oxygen atoms in total. The summed E-state index contributed by atoms with van der Waals surface area (Å²) in [5.41, 5.74) is 1.10. The van der Waals surface area contributed by atoms with Crippen molar-refractivity contribution in [1.29, 1.82) is 0 Å². The first-order valence-electron chi connectivity index (χ1n) is 5.57. The number of carbonyl (C=O) groups is 1. The number of halogens is 1. The summed E-state index contributed by atoms with van der Waals surface area (Å²) in [6.07, 6.45) is 0.838. The van der Waals surface area contributed by atoms with Gasteiger partial charge in [-0.3, -0.25) is 4.39 Å². The van der Waals surface area contributed by atoms with E-state index < -0.39 is 12.6 Å². The molecule has 0 saturated heterocycles. The van der Waals surface area contributed by atoms with Crippen LogP contribution >= 0.6 is 0 Å². The van der Waals surface area contributed by atoms with E-state index in [0.717, 1.165) is 5.56 Å². The maximum atomic E-state index is 12.3. The highest BCUT2D eigenvalue weighted by Crippen LogP contribution is 2.33. The summed E-state index contributed by atoms with van der Waals surface area (Å²) in [5.74, 6) is 0.505. The third-order valence-corrected chi connectivity index (χ3v) is 2.56. The van der Waals surface area contributed by atoms with Crippen LogP contribution in [0.1, 0.15) is 22.3 Å². The van der Waals surface area contributed by atoms with Crippen molar-refractivity contribution in [2.24, 2.45) is 0 Å². The number of carbonyl (C=O) groups excluding carboxylic acids is 1. The summed E-state index contributed by atoms with van der Waals surface area (Å²) in [6.45, 7) is -0.423. The van der Waals surface area contributed by atoms with Gasteiger partial charge in [0.1, 0.15) is 0 Å². The van der Waals surface area contributed by atoms with E-state index in [2.05, 4.69) is 4.74 Å². The van der Waals surface area contributed by atoms with Gasteiger partial charge in [0, 0.05) is 0 Å². The highest BCUT2D eigenvalue weighted by Gasteiger charge is 2.16. The van der Waals surface area contributed by atoms with Crippen molar-refractivity contribution in [3.8, 4) is 11.5 Å². The second-order valence-corrected chi connectivity index (χ2v) is 3.65. The van der Waals surface area contributed by atoms with Crippen LogP contribution in [0.15, 0.2) is 12.1 Å². The highest BCUT2D eigenvalue weighted by molar-refractivity contribution is 5.90. The van der Waals surface area contributed by atoms with E-state index in [4.69, 9.17) is 9.47 Å². The van der Waals surface area contributed by atoms with E-state index in [9.17, 15) is 9.18 Å². The predicted octanol–water partition coefficient (Wildman–Crippen LogP) is 2.39. The van der Waals surface area contributed by atoms with Crippen LogP contribution < -0.4 is 9.47 Å². The number of hydrogen-bond acceptors (Lipinski definition) is 4. The van der Waals surface area contributed by atoms with Crippen molar-refractivity contribution in [3.05, 3.63) is 23.3 Å². The van der Waals surface area contributed by atoms with E-state index >= 15 is 0 Å². The molecule has 0 aliphatic heterocycles. The molecular weight excluding hydrogens is 239 g/mol. The van der Waals surface area contributed by atoms with Crippen LogP contribution in [0.5, 0.6) is 11.5 Å². The quantitative estimate of drug-likeness (QED) is 0.733. The van der Waals surface area contributed by atoms with Crippen LogP contribution in [-0.4, -0.2) is 34.0 Å². The number of rotatable bonds is 6. The number of methoxy groups -OCH3 is 3. The predicted molar refractivity (Wildman–Crippen MR) is 65.2 cm³/mol. The van der Waals surface area contributed by atoms with Crippen molar-refractivity contribution in [3.63, 3.8) is 0 Å². The number of hydrogen-bond donors (Lipinski definition) is 0. The zero-order valence-corrected chi connectivity index (χ0v) is 10.8. The Morgan fingerprint density at radius 2 is 1.94 bits per heavy atom. The molecule has 0 aromatic heterocycles. The molecule has 0 N–H and O–H groups in total. The normalized spacial score (nSPS) is 10.0. The van der Waals surface area contributed by atoms with Gasteiger partial charge in [-0.25, -0.2) is 4.79 Å². The van der Waals surface area contributed by atoms with Crippen LogP contribution in [0, 0.1) is 0 Å². The van der Waals surface area contributed by atoms with Crippen LogP contribution in [0.3, 0.4) is 0 Å². The summed E-state index contributed by atoms with van der Waals surface area (Å²) in [7, 11) is 4.30. The number of benzene rings is 1. The summed E-state index contributed by atoms with van der Waals surface area (Å²) < 4.78 is 27.3. The molecular formula is C13H17FO4. The molecule has 0 atom stereocenters. The fourth-order valence-corrected chi connectivity index (χ4v) is 1.72. The highest BCUT2D eigenvalue weighted by atomic mass is 19.1. The lowest BCUT2D eigenvalue weighted by Crippen LogP contribution is -2.05. The monoisotopic (exact) mass is 256 g/mol. The third-order valence-electron chi connectivity index (χ3n) is 2.56. The molecule has 100 valence electrons. The second-order valence-electron chi connectivity index (χ2n) is 3.65. The van der Waals surface area contributed by atoms with Crippen LogP contribution in [0.25, 0.3) is 0 Å². The molecule has 0 bridgehead atoms. The van der Waals surface area contributed by atoms with Gasteiger partial charge in [0.2, 0.25) is 0 Å². The average Bonchev–Trinajstić information content (AvgIpc) is 2.42. The number of esters is 1. The summed E-state index contributed by atoms with van der Waals surface area (Å²) in [6, 6.07) is 3.19. The van der Waals surface area contributed by atoms with Crippen molar-refractivity contribution in [1.82, 2.24) is 0 Å². The molecule has 5 heteroatoms. The first-order valence-corrected chi connectivity index (χ1v) is 5.57. The summed E-state index contributed by atoms with van der Waals surface area (Å²) in [5, 5.41) is 0. The largest absolute Gasteiger partial charge is 0.493 e. The number of ether oxygens (including phenoxy) is 3. The zero-order chi connectivity index (χ0) is 13.5. The lowest BCUT2D eigenvalue weighted by atomic mass is 10.0. The molecule has 0 spiro atoms. The molecule has 0 radical (unpaired) electrons. The molecule has 1 aromatic carbocycles. The molecule has 0 heterocycles. The van der Waals surface area contributed by atoms with E-state index in [1.165, 1.54) is 21.3 Å². The second kappa shape index (κ2) is 6.83. The molecule has 0 amide bonds. The van der Waals surface area contributed by atoms with Gasteiger partial charge in [0.05, 0.1) is 33.6 Å². The van der Waals surface area contributed by atoms with Crippen LogP contribution in [-0.2, 0) is 11.2 Å². The van der Waals surface area contributed by atoms with Gasteiger partial charge in [-0.05, 0) is 30.5 Å². The lowest BCUT2D eigenvalue weighted by Gasteiger charge is -2.14. The van der Waals surface area contributed by atoms with Gasteiger partial charge < -0.3 is 14.2 Å². The minimum atomic E-state index is -0.461. The summed E-state index contributed by atoms with van der Waals surface area (Å²) in [4.78, 5) is 11.5. The Bertz CT molecular complexity index is 418. The van der Waals surface area contributed by atoms with E-state index in [-0.39, 0.29) is 0 Å². The Hall–Kier alpha value is -1.78. The standard InChI is InChI=1S/C13H17FO4/c1-16-11-8-10(13(15)18-3)7-9(5-4-6-14)12(11)17-2/h7-8H,4-6H2,1-3H3. The maximum Gasteiger partial charge on any atom is 0.337 e. The van der Waals surface area contributed by atoms with Gasteiger partial charge >= 0.3 is 5.97 Å². The molecule has 0 unspecified atom stereocenters. The molecule has 1 aromatic rings. The fourth-order valence-electron chi connectivity index (χ4n) is 1.72. The molecule has 18 heavy (non-hydrogen) atoms. The summed E-state index contributed by atoms with van der Waals surface area (Å²) >= 11 is 0. The van der Waals surface area contributed by atoms with Gasteiger partial charge in [0.15, 0.2) is 11.5 Å². The Morgan fingerprint density at radius 3 is 2.44 bits per heavy atom. The lowest BCUT2D eigenvalue weighted by molar-refractivity contribution is 0.0600. The van der Waals surface area contributed by atoms with E-state index in [1.807, 2.05) is 0 Å². The van der Waals surface area contributed by atoms with Crippen molar-refractivity contribution in [2.75, 3.05) is 28.0 Å². The van der Waals surface area contributed by atoms with Crippen molar-refractivity contribution < 1.29 is 23.4 Å². The Balaban J connectivity index is 3.21. The van der Waals surface area contributed by atoms with E-state index in [0.29, 0.717) is 29.9 Å². The average molecular weight is 256 g/mol. The van der Waals surface area contributed by atoms with Crippen LogP contribution in [0.2, 0.25) is 0 Å². The Labute approximate surface area is 106 Å². The molecule has 0 aliphatic rings. The number of aryl methyl sites for hydroxylation is 1. The molecule has 0 aliphatic carbocycles. The van der Waals surface area contributed by atoms with Gasteiger partial charge in [-0.2, -0.15) is 0 Å². The zero-order valence-electron chi connectivity index (χ0n) is 10.8. The molecule has 1 rings (SSSR count). The van der Waals surface area contributed by atoms with E-state index in [1.54, 1.807) is 12.1 Å². The Kier molecular flexibility index (Phi) is 5.42. The van der Waals surface area contributed by atoms with Crippen molar-refractivity contribution in [2.45, 2.75) is 12.8 Å². The van der Waals surface area contributed by atoms with Crippen LogP contribution in [0.4, 0.5) is 4.39 Å². The fraction of sp³-hybridized carbons (Fsp3) is 0.462. The minimum Gasteiger partial charge on any atom is -0.493 e. The first-order chi connectivity index (χ1) is 8.67. The Morgan fingerprint density at radius 1 is 1.22 bits per heavy atom.